The van der Waals surface area contributed by atoms with Crippen LogP contribution in [0.1, 0.15) is 16.7 Å². The van der Waals surface area contributed by atoms with Crippen molar-refractivity contribution in [2.45, 2.75) is 37.8 Å². The van der Waals surface area contributed by atoms with Gasteiger partial charge in [0.25, 0.3) is 0 Å². The average molecular weight is 526 g/mol. The zero-order valence-corrected chi connectivity index (χ0v) is 16.4. The van der Waals surface area contributed by atoms with Crippen LogP contribution >= 0.6 is 22.6 Å². The molecular weight excluding hydrogens is 514 g/mol. The molecule has 28 heavy (non-hydrogen) atoms. The first-order valence-corrected chi connectivity index (χ1v) is 8.70. The molecule has 0 fully saturated rings. The highest BCUT2D eigenvalue weighted by Gasteiger charge is 2.82. The average Bonchev–Trinajstić information content (AvgIpc) is 2.52. The molecule has 0 aliphatic carbocycles. The van der Waals surface area contributed by atoms with Crippen LogP contribution in [0.4, 0.5) is 39.5 Å². The van der Waals surface area contributed by atoms with E-state index in [0.29, 0.717) is 6.07 Å². The Bertz CT molecular complexity index is 884. The van der Waals surface area contributed by atoms with Gasteiger partial charge in [0.1, 0.15) is 0 Å². The minimum absolute atomic E-state index is 0.0663. The summed E-state index contributed by atoms with van der Waals surface area (Å²) in [5.74, 6) is -6.71. The van der Waals surface area contributed by atoms with E-state index in [0.717, 1.165) is 0 Å². The molecule has 0 saturated heterocycles. The lowest BCUT2D eigenvalue weighted by molar-refractivity contribution is -0.389. The summed E-state index contributed by atoms with van der Waals surface area (Å²) in [6.45, 7) is 2.40. The highest BCUT2D eigenvalue weighted by Crippen LogP contribution is 2.60. The van der Waals surface area contributed by atoms with E-state index in [1.165, 1.54) is 44.2 Å². The second-order valence-corrected chi connectivity index (χ2v) is 7.37. The van der Waals surface area contributed by atoms with Crippen LogP contribution in [0, 0.1) is 17.4 Å². The maximum absolute atomic E-state index is 15.1. The van der Waals surface area contributed by atoms with Gasteiger partial charge in [-0.2, -0.15) is 35.1 Å². The van der Waals surface area contributed by atoms with Gasteiger partial charge in [0.2, 0.25) is 0 Å². The van der Waals surface area contributed by atoms with Crippen LogP contribution in [0.25, 0.3) is 11.1 Å². The second-order valence-electron chi connectivity index (χ2n) is 6.21. The van der Waals surface area contributed by atoms with Gasteiger partial charge in [0.05, 0.1) is 0 Å². The number of alkyl halides is 9. The number of hydrogen-bond acceptors (Lipinski definition) is 0. The van der Waals surface area contributed by atoms with Crippen LogP contribution in [0.3, 0.4) is 0 Å². The fraction of sp³-hybridized carbons (Fsp3) is 0.333. The number of aryl methyl sites for hydroxylation is 2. The van der Waals surface area contributed by atoms with Crippen molar-refractivity contribution in [3.05, 3.63) is 56.7 Å². The SMILES string of the molecule is Cc1cc(C)c(-c2ccccc2I)c(C(F)(C(F)(F)F)C(F)(F)C(F)(F)F)c1. The third kappa shape index (κ3) is 3.48. The van der Waals surface area contributed by atoms with E-state index in [-0.39, 0.29) is 20.3 Å². The molecule has 0 aromatic heterocycles. The molecule has 1 unspecified atom stereocenters. The molecule has 0 saturated carbocycles. The van der Waals surface area contributed by atoms with Gasteiger partial charge < -0.3 is 0 Å². The summed E-state index contributed by atoms with van der Waals surface area (Å²) < 4.78 is 123. The lowest BCUT2D eigenvalue weighted by Gasteiger charge is -2.37. The van der Waals surface area contributed by atoms with E-state index >= 15 is 4.39 Å². The molecule has 154 valence electrons. The van der Waals surface area contributed by atoms with Crippen LogP contribution in [-0.2, 0) is 5.67 Å². The smallest absolute Gasteiger partial charge is 0.221 e. The van der Waals surface area contributed by atoms with Crippen molar-refractivity contribution in [3.63, 3.8) is 0 Å². The maximum Gasteiger partial charge on any atom is 0.457 e. The van der Waals surface area contributed by atoms with Crippen LogP contribution < -0.4 is 0 Å². The molecule has 10 heteroatoms. The molecule has 2 aromatic carbocycles. The molecule has 0 N–H and O–H groups in total. The molecule has 0 radical (unpaired) electrons. The highest BCUT2D eigenvalue weighted by molar-refractivity contribution is 14.1. The molecule has 0 nitrogen and oxygen atoms in total. The van der Waals surface area contributed by atoms with E-state index in [2.05, 4.69) is 0 Å². The summed E-state index contributed by atoms with van der Waals surface area (Å²) in [5, 5.41) is 0. The van der Waals surface area contributed by atoms with Gasteiger partial charge in [-0.15, -0.1) is 0 Å². The van der Waals surface area contributed by atoms with Crippen molar-refractivity contribution < 1.29 is 39.5 Å². The molecule has 1 atom stereocenters. The minimum atomic E-state index is -6.77. The number of hydrogen-bond donors (Lipinski definition) is 0. The largest absolute Gasteiger partial charge is 0.457 e. The van der Waals surface area contributed by atoms with E-state index in [1.54, 1.807) is 22.6 Å². The molecule has 0 spiro atoms. The summed E-state index contributed by atoms with van der Waals surface area (Å²) in [5.41, 5.74) is -8.65. The summed E-state index contributed by atoms with van der Waals surface area (Å²) in [7, 11) is 0. The summed E-state index contributed by atoms with van der Waals surface area (Å²) >= 11 is 1.68. The Kier molecular flexibility index (Phi) is 5.79. The van der Waals surface area contributed by atoms with Crippen LogP contribution in [0.5, 0.6) is 0 Å². The fourth-order valence-electron chi connectivity index (χ4n) is 2.96. The Morgan fingerprint density at radius 2 is 1.29 bits per heavy atom. The minimum Gasteiger partial charge on any atom is -0.221 e. The monoisotopic (exact) mass is 526 g/mol. The van der Waals surface area contributed by atoms with E-state index in [4.69, 9.17) is 0 Å². The number of halogens is 10. The van der Waals surface area contributed by atoms with Gasteiger partial charge in [0.15, 0.2) is 0 Å². The first-order chi connectivity index (χ1) is 12.6. The first-order valence-electron chi connectivity index (χ1n) is 7.62. The quantitative estimate of drug-likeness (QED) is 0.287. The van der Waals surface area contributed by atoms with Crippen LogP contribution in [0.15, 0.2) is 36.4 Å². The van der Waals surface area contributed by atoms with Gasteiger partial charge in [0, 0.05) is 9.13 Å². The van der Waals surface area contributed by atoms with Gasteiger partial charge >= 0.3 is 23.9 Å². The third-order valence-electron chi connectivity index (χ3n) is 4.17. The van der Waals surface area contributed by atoms with Crippen molar-refractivity contribution in [1.29, 1.82) is 0 Å². The molecule has 0 aliphatic rings. The predicted molar refractivity (Wildman–Crippen MR) is 93.9 cm³/mol. The number of benzene rings is 2. The summed E-state index contributed by atoms with van der Waals surface area (Å²) in [6.07, 6.45) is -13.3. The second kappa shape index (κ2) is 7.10. The van der Waals surface area contributed by atoms with Crippen molar-refractivity contribution in [1.82, 2.24) is 0 Å². The molecule has 2 aromatic rings. The van der Waals surface area contributed by atoms with Gasteiger partial charge in [-0.05, 0) is 59.2 Å². The molecular formula is C18H12F9I. The Labute approximate surface area is 167 Å². The number of rotatable bonds is 3. The maximum atomic E-state index is 15.1. The van der Waals surface area contributed by atoms with Crippen molar-refractivity contribution in [2.24, 2.45) is 0 Å². The van der Waals surface area contributed by atoms with Crippen LogP contribution in [-0.4, -0.2) is 18.3 Å². The van der Waals surface area contributed by atoms with Crippen LogP contribution in [0.2, 0.25) is 0 Å². The molecule has 2 rings (SSSR count). The summed E-state index contributed by atoms with van der Waals surface area (Å²) in [4.78, 5) is 0. The van der Waals surface area contributed by atoms with E-state index in [9.17, 15) is 35.1 Å². The van der Waals surface area contributed by atoms with Gasteiger partial charge in [-0.3, -0.25) is 0 Å². The molecule has 0 bridgehead atoms. The predicted octanol–water partition coefficient (Wildman–Crippen LogP) is 7.50. The Morgan fingerprint density at radius 1 is 0.750 bits per heavy atom. The van der Waals surface area contributed by atoms with Crippen molar-refractivity contribution in [3.8, 4) is 11.1 Å². The Hall–Kier alpha value is -1.46. The lowest BCUT2D eigenvalue weighted by atomic mass is 9.80. The normalized spacial score (nSPS) is 15.4. The molecule has 0 heterocycles. The zero-order valence-electron chi connectivity index (χ0n) is 14.2. The first kappa shape index (κ1) is 22.8. The topological polar surface area (TPSA) is 0 Å². The summed E-state index contributed by atoms with van der Waals surface area (Å²) in [6, 6.07) is 7.16. The van der Waals surface area contributed by atoms with E-state index < -0.39 is 35.1 Å². The third-order valence-corrected chi connectivity index (χ3v) is 5.11. The van der Waals surface area contributed by atoms with Gasteiger partial charge in [-0.1, -0.05) is 35.9 Å². The van der Waals surface area contributed by atoms with Gasteiger partial charge in [-0.25, -0.2) is 4.39 Å². The zero-order chi connectivity index (χ0) is 21.7. The Balaban J connectivity index is 3.04. The fourth-order valence-corrected chi connectivity index (χ4v) is 3.61. The molecule has 0 amide bonds. The van der Waals surface area contributed by atoms with Crippen molar-refractivity contribution in [2.75, 3.05) is 0 Å². The highest BCUT2D eigenvalue weighted by atomic mass is 127. The Morgan fingerprint density at radius 3 is 1.75 bits per heavy atom. The lowest BCUT2D eigenvalue weighted by Crippen LogP contribution is -2.60. The van der Waals surface area contributed by atoms with Crippen molar-refractivity contribution >= 4 is 22.6 Å². The van der Waals surface area contributed by atoms with E-state index in [1.807, 2.05) is 0 Å². The molecule has 0 aliphatic heterocycles. The standard InChI is InChI=1S/C18H12F9I/c1-9-7-10(2)14(11-5-3-4-6-13(11)28)12(8-9)15(19,17(22,23)24)16(20,21)18(25,26)27/h3-8H,1-2H3.